The van der Waals surface area contributed by atoms with Crippen LogP contribution in [0.4, 0.5) is 0 Å². The number of amides is 1. The summed E-state index contributed by atoms with van der Waals surface area (Å²) in [5.41, 5.74) is 0. The Kier molecular flexibility index (Phi) is 9.67. The molecule has 0 bridgehead atoms. The monoisotopic (exact) mass is 109 g/mol. The summed E-state index contributed by atoms with van der Waals surface area (Å²) in [6.07, 6.45) is 0.591. The average molecular weight is 109 g/mol. The third kappa shape index (κ3) is 6.07. The zero-order chi connectivity index (χ0) is 5.70. The Morgan fingerprint density at radius 1 is 1.50 bits per heavy atom. The summed E-state index contributed by atoms with van der Waals surface area (Å²) in [4.78, 5) is 10.3. The number of nitrogens with one attached hydrogen (secondary N) is 1. The predicted octanol–water partition coefficient (Wildman–Crippen LogP) is -0.116. The van der Waals surface area contributed by atoms with E-state index in [1.807, 2.05) is 13.8 Å². The van der Waals surface area contributed by atoms with Crippen molar-refractivity contribution in [1.29, 1.82) is 0 Å². The number of hydrogen-bond acceptors (Lipinski definition) is 1. The maximum atomic E-state index is 10.3. The van der Waals surface area contributed by atoms with Gasteiger partial charge < -0.3 is 5.32 Å². The fourth-order valence-electron chi connectivity index (χ4n) is 0.322. The molecule has 1 amide bonds. The van der Waals surface area contributed by atoms with Crippen molar-refractivity contribution >= 4 is 24.8 Å². The van der Waals surface area contributed by atoms with Gasteiger partial charge in [0.25, 0.3) is 0 Å². The summed E-state index contributed by atoms with van der Waals surface area (Å²) >= 11 is 0. The van der Waals surface area contributed by atoms with Gasteiger partial charge in [0.05, 0.1) is 0 Å². The van der Waals surface area contributed by atoms with E-state index in [9.17, 15) is 4.79 Å². The van der Waals surface area contributed by atoms with Crippen LogP contribution in [-0.2, 0) is 4.79 Å². The molecule has 0 atom stereocenters. The van der Waals surface area contributed by atoms with E-state index in [1.165, 1.54) is 0 Å². The maximum absolute atomic E-state index is 10.3. The van der Waals surface area contributed by atoms with Crippen LogP contribution >= 0.6 is 0 Å². The second-order valence-corrected chi connectivity index (χ2v) is 1.31. The number of carbonyl (C=O) groups excluding carboxylic acids is 1. The Morgan fingerprint density at radius 3 is 2.12 bits per heavy atom. The van der Waals surface area contributed by atoms with E-state index in [4.69, 9.17) is 0 Å². The third-order valence-electron chi connectivity index (χ3n) is 0.695. The Bertz CT molecular complexity index is 65.4. The standard InChI is InChI=1S/C5H11NO.Li.H/c1-3-5(7)6-4-2;;/h3-4H2,1-2H3,(H,6,7);;. The molecule has 0 fully saturated rings. The van der Waals surface area contributed by atoms with Crippen LogP contribution in [0.15, 0.2) is 0 Å². The molecule has 0 rings (SSSR count). The fourth-order valence-corrected chi connectivity index (χ4v) is 0.322. The van der Waals surface area contributed by atoms with E-state index in [0.717, 1.165) is 6.54 Å². The second kappa shape index (κ2) is 7.07. The molecule has 0 aromatic heterocycles. The molecule has 8 heavy (non-hydrogen) atoms. The van der Waals surface area contributed by atoms with Crippen LogP contribution in [0.1, 0.15) is 20.3 Å². The molecule has 0 radical (unpaired) electrons. The van der Waals surface area contributed by atoms with Gasteiger partial charge >= 0.3 is 18.9 Å². The van der Waals surface area contributed by atoms with E-state index in [0.29, 0.717) is 6.42 Å². The van der Waals surface area contributed by atoms with Gasteiger partial charge in [0.2, 0.25) is 5.91 Å². The minimum absolute atomic E-state index is 0. The molecule has 0 saturated heterocycles. The van der Waals surface area contributed by atoms with Gasteiger partial charge in [-0.25, -0.2) is 0 Å². The first kappa shape index (κ1) is 10.9. The van der Waals surface area contributed by atoms with E-state index in [1.54, 1.807) is 0 Å². The molecule has 3 heteroatoms. The molecule has 0 unspecified atom stereocenters. The zero-order valence-corrected chi connectivity index (χ0v) is 4.82. The fraction of sp³-hybridized carbons (Fsp3) is 0.800. The molecule has 0 spiro atoms. The quantitative estimate of drug-likeness (QED) is 0.492. The summed E-state index contributed by atoms with van der Waals surface area (Å²) in [6.45, 7) is 4.49. The minimum atomic E-state index is 0. The first-order valence-corrected chi connectivity index (χ1v) is 2.58. The molecular formula is C5H12LiNO. The number of rotatable bonds is 2. The van der Waals surface area contributed by atoms with Crippen LogP contribution in [-0.4, -0.2) is 31.3 Å². The molecule has 0 aromatic rings. The number of hydrogen-bond donors (Lipinski definition) is 1. The molecule has 0 saturated carbocycles. The molecule has 0 aliphatic carbocycles. The average Bonchev–Trinajstić information content (AvgIpc) is 1.68. The Hall–Kier alpha value is 0.0674. The van der Waals surface area contributed by atoms with Gasteiger partial charge in [-0.15, -0.1) is 0 Å². The van der Waals surface area contributed by atoms with Crippen LogP contribution in [0.5, 0.6) is 0 Å². The summed E-state index contributed by atoms with van der Waals surface area (Å²) in [5.74, 6) is 0.127. The van der Waals surface area contributed by atoms with Gasteiger partial charge in [-0.05, 0) is 6.92 Å². The second-order valence-electron chi connectivity index (χ2n) is 1.31. The van der Waals surface area contributed by atoms with Crippen molar-refractivity contribution in [1.82, 2.24) is 5.32 Å². The SMILES string of the molecule is CCNC(=O)CC.[LiH]. The molecule has 2 nitrogen and oxygen atoms in total. The van der Waals surface area contributed by atoms with Crippen LogP contribution in [0, 0.1) is 0 Å². The predicted molar refractivity (Wildman–Crippen MR) is 36.1 cm³/mol. The summed E-state index contributed by atoms with van der Waals surface area (Å²) in [7, 11) is 0. The molecule has 0 heterocycles. The zero-order valence-electron chi connectivity index (χ0n) is 4.82. The van der Waals surface area contributed by atoms with Crippen molar-refractivity contribution in [2.75, 3.05) is 6.54 Å². The van der Waals surface area contributed by atoms with Crippen LogP contribution in [0.25, 0.3) is 0 Å². The van der Waals surface area contributed by atoms with Crippen molar-refractivity contribution in [3.05, 3.63) is 0 Å². The van der Waals surface area contributed by atoms with E-state index in [-0.39, 0.29) is 24.8 Å². The van der Waals surface area contributed by atoms with Gasteiger partial charge in [-0.1, -0.05) is 6.92 Å². The summed E-state index contributed by atoms with van der Waals surface area (Å²) < 4.78 is 0. The van der Waals surface area contributed by atoms with Gasteiger partial charge in [-0.3, -0.25) is 4.79 Å². The number of carbonyl (C=O) groups is 1. The van der Waals surface area contributed by atoms with Crippen LogP contribution in [0.3, 0.4) is 0 Å². The van der Waals surface area contributed by atoms with Gasteiger partial charge in [0.15, 0.2) is 0 Å². The van der Waals surface area contributed by atoms with Crippen molar-refractivity contribution in [2.24, 2.45) is 0 Å². The first-order chi connectivity index (χ1) is 3.31. The van der Waals surface area contributed by atoms with E-state index >= 15 is 0 Å². The molecular weight excluding hydrogens is 97.0 g/mol. The molecule has 0 aliphatic heterocycles. The van der Waals surface area contributed by atoms with Gasteiger partial charge in [0, 0.05) is 13.0 Å². The van der Waals surface area contributed by atoms with E-state index < -0.39 is 0 Å². The Labute approximate surface area is 62.2 Å². The van der Waals surface area contributed by atoms with Crippen LogP contribution in [0.2, 0.25) is 0 Å². The third-order valence-corrected chi connectivity index (χ3v) is 0.695. The van der Waals surface area contributed by atoms with Gasteiger partial charge in [0.1, 0.15) is 0 Å². The van der Waals surface area contributed by atoms with Crippen molar-refractivity contribution in [3.63, 3.8) is 0 Å². The first-order valence-electron chi connectivity index (χ1n) is 2.58. The van der Waals surface area contributed by atoms with E-state index in [2.05, 4.69) is 5.32 Å². The summed E-state index contributed by atoms with van der Waals surface area (Å²) in [6, 6.07) is 0. The Morgan fingerprint density at radius 2 is 2.00 bits per heavy atom. The van der Waals surface area contributed by atoms with Gasteiger partial charge in [-0.2, -0.15) is 0 Å². The normalized spacial score (nSPS) is 7.25. The molecule has 0 aliphatic rings. The Balaban J connectivity index is 0. The van der Waals surface area contributed by atoms with Crippen molar-refractivity contribution in [2.45, 2.75) is 20.3 Å². The summed E-state index contributed by atoms with van der Waals surface area (Å²) in [5, 5.41) is 2.66. The molecule has 44 valence electrons. The van der Waals surface area contributed by atoms with Crippen LogP contribution < -0.4 is 5.32 Å². The molecule has 0 aromatic carbocycles. The molecule has 1 N–H and O–H groups in total. The van der Waals surface area contributed by atoms with Crippen molar-refractivity contribution < 1.29 is 4.79 Å². The van der Waals surface area contributed by atoms with Crippen molar-refractivity contribution in [3.8, 4) is 0 Å². The topological polar surface area (TPSA) is 29.1 Å².